The Morgan fingerprint density at radius 2 is 1.89 bits per heavy atom. The Hall–Kier alpha value is -2.77. The molecule has 0 bridgehead atoms. The number of carboxylic acid groups (broad SMARTS) is 1. The number of aromatic nitrogens is 5. The standard InChI is InChI=1S/C20H17N5O3/c1-6(2)25-9-4-3-7(5-8(9)22-24-25)16-21-17(28-23-16)19-10-13-11(19)15-12(19)14(10)20(13,15)18(26)27/h3-6,10-15H,1-2H3,(H,26,27). The van der Waals surface area contributed by atoms with E-state index in [-0.39, 0.29) is 16.9 Å². The van der Waals surface area contributed by atoms with E-state index in [9.17, 15) is 9.90 Å². The van der Waals surface area contributed by atoms with Gasteiger partial charge in [-0.25, -0.2) is 4.68 Å². The molecule has 6 fully saturated rings. The van der Waals surface area contributed by atoms with Crippen molar-refractivity contribution >= 4 is 17.0 Å². The second kappa shape index (κ2) is 3.73. The lowest BCUT2D eigenvalue weighted by molar-refractivity contribution is -0.616. The van der Waals surface area contributed by atoms with Crippen molar-refractivity contribution in [1.29, 1.82) is 0 Å². The summed E-state index contributed by atoms with van der Waals surface area (Å²) in [6.45, 7) is 4.15. The summed E-state index contributed by atoms with van der Waals surface area (Å²) in [5.74, 6) is 3.22. The van der Waals surface area contributed by atoms with Crippen molar-refractivity contribution in [2.45, 2.75) is 25.3 Å². The highest BCUT2D eigenvalue weighted by Crippen LogP contribution is 3.09. The van der Waals surface area contributed by atoms with Crippen LogP contribution < -0.4 is 0 Å². The zero-order valence-electron chi connectivity index (χ0n) is 15.3. The van der Waals surface area contributed by atoms with Gasteiger partial charge in [-0.15, -0.1) is 5.10 Å². The van der Waals surface area contributed by atoms with E-state index in [2.05, 4.69) is 29.3 Å². The van der Waals surface area contributed by atoms with Gasteiger partial charge in [0.25, 0.3) is 0 Å². The van der Waals surface area contributed by atoms with E-state index >= 15 is 0 Å². The molecule has 0 spiro atoms. The Balaban J connectivity index is 1.15. The van der Waals surface area contributed by atoms with Gasteiger partial charge in [-0.1, -0.05) is 10.4 Å². The van der Waals surface area contributed by atoms with Gasteiger partial charge in [-0.05, 0) is 67.6 Å². The minimum absolute atomic E-state index is 0.00727. The minimum atomic E-state index is -0.571. The lowest BCUT2D eigenvalue weighted by Gasteiger charge is -3.09. The number of carbonyl (C=O) groups is 1. The monoisotopic (exact) mass is 375 g/mol. The zero-order valence-corrected chi connectivity index (χ0v) is 15.3. The highest BCUT2D eigenvalue weighted by atomic mass is 16.5. The number of rotatable bonds is 4. The Bertz CT molecular complexity index is 1200. The van der Waals surface area contributed by atoms with Crippen LogP contribution in [0.25, 0.3) is 22.4 Å². The van der Waals surface area contributed by atoms with Crippen molar-refractivity contribution in [2.75, 3.05) is 0 Å². The summed E-state index contributed by atoms with van der Waals surface area (Å²) < 4.78 is 7.62. The molecule has 6 aliphatic carbocycles. The first-order chi connectivity index (χ1) is 13.5. The largest absolute Gasteiger partial charge is 0.481 e. The Kier molecular flexibility index (Phi) is 1.90. The molecular weight excluding hydrogens is 358 g/mol. The molecule has 28 heavy (non-hydrogen) atoms. The van der Waals surface area contributed by atoms with Gasteiger partial charge < -0.3 is 9.63 Å². The number of nitrogens with zero attached hydrogens (tertiary/aromatic N) is 5. The second-order valence-electron chi connectivity index (χ2n) is 9.58. The van der Waals surface area contributed by atoms with Crippen LogP contribution in [0, 0.1) is 40.9 Å². The van der Waals surface area contributed by atoms with Crippen LogP contribution in [0.1, 0.15) is 25.8 Å². The molecule has 0 amide bonds. The van der Waals surface area contributed by atoms with Crippen LogP contribution in [0.4, 0.5) is 0 Å². The Morgan fingerprint density at radius 3 is 2.54 bits per heavy atom. The third-order valence-corrected chi connectivity index (χ3v) is 9.02. The quantitative estimate of drug-likeness (QED) is 0.744. The molecule has 0 aliphatic heterocycles. The molecule has 0 saturated heterocycles. The van der Waals surface area contributed by atoms with Gasteiger partial charge in [0.15, 0.2) is 0 Å². The Morgan fingerprint density at radius 1 is 1.18 bits per heavy atom. The first kappa shape index (κ1) is 14.3. The molecule has 3 aromatic rings. The van der Waals surface area contributed by atoms with Crippen LogP contribution in [0.5, 0.6) is 0 Å². The van der Waals surface area contributed by atoms with Gasteiger partial charge in [0.05, 0.1) is 16.3 Å². The molecule has 8 nitrogen and oxygen atoms in total. The first-order valence-corrected chi connectivity index (χ1v) is 9.97. The van der Waals surface area contributed by atoms with Crippen LogP contribution in [0.15, 0.2) is 22.7 Å². The van der Waals surface area contributed by atoms with Gasteiger partial charge in [-0.2, -0.15) is 4.98 Å². The van der Waals surface area contributed by atoms with Gasteiger partial charge in [0, 0.05) is 11.6 Å². The van der Waals surface area contributed by atoms with Gasteiger partial charge in [0.1, 0.15) is 5.52 Å². The van der Waals surface area contributed by atoms with Crippen molar-refractivity contribution in [2.24, 2.45) is 40.9 Å². The van der Waals surface area contributed by atoms with E-state index in [4.69, 9.17) is 9.51 Å². The lowest BCUT2D eigenvalue weighted by atomic mass is 8.92. The summed E-state index contributed by atoms with van der Waals surface area (Å²) in [5.41, 5.74) is 2.32. The summed E-state index contributed by atoms with van der Waals surface area (Å²) in [4.78, 5) is 16.5. The number of benzene rings is 1. The SMILES string of the molecule is CC(C)n1nnc2cc(-c3noc(C45C6C7C4C4C5C6C74C(=O)O)n3)ccc21. The van der Waals surface area contributed by atoms with Crippen LogP contribution in [-0.4, -0.2) is 36.2 Å². The summed E-state index contributed by atoms with van der Waals surface area (Å²) in [6, 6.07) is 6.18. The molecule has 9 rings (SSSR count). The third kappa shape index (κ3) is 0.980. The fourth-order valence-electron chi connectivity index (χ4n) is 8.36. The normalized spacial score (nSPS) is 45.0. The summed E-state index contributed by atoms with van der Waals surface area (Å²) in [6.07, 6.45) is 0. The topological polar surface area (TPSA) is 107 Å². The zero-order chi connectivity index (χ0) is 18.7. The maximum Gasteiger partial charge on any atom is 0.310 e. The molecule has 140 valence electrons. The van der Waals surface area contributed by atoms with Crippen LogP contribution in [-0.2, 0) is 10.2 Å². The molecule has 8 heteroatoms. The van der Waals surface area contributed by atoms with Gasteiger partial charge >= 0.3 is 5.97 Å². The molecule has 1 N–H and O–H groups in total. The fraction of sp³-hybridized carbons (Fsp3) is 0.550. The first-order valence-electron chi connectivity index (χ1n) is 9.97. The molecule has 2 heterocycles. The molecule has 6 aliphatic rings. The molecule has 0 atom stereocenters. The van der Waals surface area contributed by atoms with Gasteiger partial charge in [0.2, 0.25) is 11.7 Å². The molecule has 2 aromatic heterocycles. The van der Waals surface area contributed by atoms with E-state index in [0.717, 1.165) is 22.5 Å². The van der Waals surface area contributed by atoms with Crippen LogP contribution in [0.2, 0.25) is 0 Å². The van der Waals surface area contributed by atoms with Crippen molar-refractivity contribution < 1.29 is 14.4 Å². The van der Waals surface area contributed by atoms with Crippen molar-refractivity contribution in [3.05, 3.63) is 24.1 Å². The fourth-order valence-corrected chi connectivity index (χ4v) is 8.36. The number of aliphatic carboxylic acids is 1. The smallest absolute Gasteiger partial charge is 0.310 e. The maximum absolute atomic E-state index is 11.7. The van der Waals surface area contributed by atoms with Crippen molar-refractivity contribution in [1.82, 2.24) is 25.1 Å². The second-order valence-corrected chi connectivity index (χ2v) is 9.58. The van der Waals surface area contributed by atoms with E-state index in [1.54, 1.807) is 0 Å². The molecule has 6 saturated carbocycles. The third-order valence-electron chi connectivity index (χ3n) is 9.02. The molecular formula is C20H17N5O3. The minimum Gasteiger partial charge on any atom is -0.481 e. The number of hydrogen-bond donors (Lipinski definition) is 1. The van der Waals surface area contributed by atoms with Crippen molar-refractivity contribution in [3.63, 3.8) is 0 Å². The van der Waals surface area contributed by atoms with E-state index in [1.165, 1.54) is 0 Å². The van der Waals surface area contributed by atoms with Gasteiger partial charge in [-0.3, -0.25) is 4.79 Å². The number of carboxylic acids is 1. The predicted molar refractivity (Wildman–Crippen MR) is 93.9 cm³/mol. The van der Waals surface area contributed by atoms with E-state index in [0.29, 0.717) is 41.3 Å². The summed E-state index contributed by atoms with van der Waals surface area (Å²) in [7, 11) is 0. The van der Waals surface area contributed by atoms with E-state index in [1.807, 2.05) is 22.9 Å². The van der Waals surface area contributed by atoms with E-state index < -0.39 is 5.97 Å². The Labute approximate surface area is 158 Å². The number of hydrogen-bond acceptors (Lipinski definition) is 6. The lowest BCUT2D eigenvalue weighted by Crippen LogP contribution is -3.12. The van der Waals surface area contributed by atoms with Crippen LogP contribution >= 0.6 is 0 Å². The summed E-state index contributed by atoms with van der Waals surface area (Å²) in [5, 5.41) is 22.4. The molecule has 0 unspecified atom stereocenters. The highest BCUT2D eigenvalue weighted by Gasteiger charge is 3.13. The van der Waals surface area contributed by atoms with Crippen LogP contribution in [0.3, 0.4) is 0 Å². The number of fused-ring (bicyclic) bond motifs is 1. The average Bonchev–Trinajstić information content (AvgIpc) is 3.34. The summed E-state index contributed by atoms with van der Waals surface area (Å²) >= 11 is 0. The molecule has 1 aromatic carbocycles. The predicted octanol–water partition coefficient (Wildman–Crippen LogP) is 2.14. The maximum atomic E-state index is 11.7. The average molecular weight is 375 g/mol. The highest BCUT2D eigenvalue weighted by molar-refractivity contribution is 5.88. The van der Waals surface area contributed by atoms with Crippen molar-refractivity contribution in [3.8, 4) is 11.4 Å². The molecule has 0 radical (unpaired) electrons.